The fraction of sp³-hybridized carbons (Fsp3) is 0.667. The van der Waals surface area contributed by atoms with Crippen LogP contribution in [-0.4, -0.2) is 6.54 Å². The predicted molar refractivity (Wildman–Crippen MR) is 90.8 cm³/mol. The molecule has 3 heteroatoms. The van der Waals surface area contributed by atoms with Gasteiger partial charge in [-0.15, -0.1) is 0 Å². The molecule has 0 unspecified atom stereocenters. The molecule has 0 bridgehead atoms. The van der Waals surface area contributed by atoms with E-state index in [1.165, 1.54) is 51.0 Å². The molecule has 0 spiro atoms. The average molecular weight is 356 g/mol. The molecule has 0 aliphatic heterocycles. The van der Waals surface area contributed by atoms with Crippen LogP contribution in [0.4, 0.5) is 4.39 Å². The summed E-state index contributed by atoms with van der Waals surface area (Å²) in [6, 6.07) is 5.32. The van der Waals surface area contributed by atoms with Crippen LogP contribution in [-0.2, 0) is 6.42 Å². The maximum Gasteiger partial charge on any atom is 0.137 e. The van der Waals surface area contributed by atoms with Gasteiger partial charge < -0.3 is 5.73 Å². The van der Waals surface area contributed by atoms with Crippen molar-refractivity contribution in [1.82, 2.24) is 0 Å². The summed E-state index contributed by atoms with van der Waals surface area (Å²) in [6.07, 6.45) is 9.81. The molecule has 1 aliphatic carbocycles. The van der Waals surface area contributed by atoms with Crippen LogP contribution in [0.15, 0.2) is 22.7 Å². The molecule has 0 atom stereocenters. The standard InChI is InChI=1S/C18H27BrFN/c1-2-3-5-14-8-10-18(13-21,11-9-14)12-15-6-4-7-16(20)17(15)19/h4,6-7,14H,2-3,5,8-13,21H2,1H3. The molecule has 0 heterocycles. The van der Waals surface area contributed by atoms with E-state index in [4.69, 9.17) is 5.73 Å². The molecule has 1 saturated carbocycles. The molecule has 1 aliphatic rings. The topological polar surface area (TPSA) is 26.0 Å². The SMILES string of the molecule is CCCCC1CCC(CN)(Cc2cccc(F)c2Br)CC1. The van der Waals surface area contributed by atoms with Crippen molar-refractivity contribution in [3.05, 3.63) is 34.1 Å². The Labute approximate surface area is 136 Å². The third-order valence-corrected chi connectivity index (χ3v) is 6.05. The van der Waals surface area contributed by atoms with Gasteiger partial charge in [0.25, 0.3) is 0 Å². The van der Waals surface area contributed by atoms with Gasteiger partial charge in [-0.05, 0) is 77.5 Å². The first-order valence-electron chi connectivity index (χ1n) is 8.23. The highest BCUT2D eigenvalue weighted by atomic mass is 79.9. The molecule has 118 valence electrons. The van der Waals surface area contributed by atoms with Crippen molar-refractivity contribution < 1.29 is 4.39 Å². The largest absolute Gasteiger partial charge is 0.330 e. The number of benzene rings is 1. The lowest BCUT2D eigenvalue weighted by Gasteiger charge is -2.40. The summed E-state index contributed by atoms with van der Waals surface area (Å²) in [5.74, 6) is 0.705. The highest BCUT2D eigenvalue weighted by Crippen LogP contribution is 2.43. The average Bonchev–Trinajstić information content (AvgIpc) is 2.51. The fourth-order valence-corrected chi connectivity index (χ4v) is 4.02. The Morgan fingerprint density at radius 2 is 2.05 bits per heavy atom. The van der Waals surface area contributed by atoms with Gasteiger partial charge in [0.15, 0.2) is 0 Å². The molecule has 0 saturated heterocycles. The van der Waals surface area contributed by atoms with Crippen LogP contribution in [0.5, 0.6) is 0 Å². The highest BCUT2D eigenvalue weighted by molar-refractivity contribution is 9.10. The smallest absolute Gasteiger partial charge is 0.137 e. The van der Waals surface area contributed by atoms with Crippen molar-refractivity contribution in [2.75, 3.05) is 6.54 Å². The number of hydrogen-bond donors (Lipinski definition) is 1. The minimum Gasteiger partial charge on any atom is -0.330 e. The highest BCUT2D eigenvalue weighted by Gasteiger charge is 2.34. The Balaban J connectivity index is 2.01. The lowest BCUT2D eigenvalue weighted by molar-refractivity contribution is 0.149. The van der Waals surface area contributed by atoms with Crippen molar-refractivity contribution >= 4 is 15.9 Å². The Morgan fingerprint density at radius 1 is 1.33 bits per heavy atom. The molecule has 1 fully saturated rings. The van der Waals surface area contributed by atoms with Crippen LogP contribution in [0.2, 0.25) is 0 Å². The van der Waals surface area contributed by atoms with Crippen molar-refractivity contribution in [3.63, 3.8) is 0 Å². The summed E-state index contributed by atoms with van der Waals surface area (Å²) < 4.78 is 14.3. The minimum atomic E-state index is -0.170. The van der Waals surface area contributed by atoms with E-state index >= 15 is 0 Å². The van der Waals surface area contributed by atoms with E-state index in [0.717, 1.165) is 17.9 Å². The number of hydrogen-bond acceptors (Lipinski definition) is 1. The molecule has 2 rings (SSSR count). The molecular formula is C18H27BrFN. The number of nitrogens with two attached hydrogens (primary N) is 1. The first-order valence-corrected chi connectivity index (χ1v) is 9.02. The summed E-state index contributed by atoms with van der Waals surface area (Å²) >= 11 is 3.39. The zero-order valence-electron chi connectivity index (χ0n) is 13.0. The number of halogens is 2. The summed E-state index contributed by atoms with van der Waals surface area (Å²) in [6.45, 7) is 2.96. The Bertz CT molecular complexity index is 453. The Hall–Kier alpha value is -0.410. The van der Waals surface area contributed by atoms with Gasteiger partial charge in [-0.1, -0.05) is 38.3 Å². The zero-order valence-corrected chi connectivity index (χ0v) is 14.6. The van der Waals surface area contributed by atoms with Crippen LogP contribution in [0, 0.1) is 17.2 Å². The van der Waals surface area contributed by atoms with E-state index in [2.05, 4.69) is 22.9 Å². The maximum atomic E-state index is 13.7. The lowest BCUT2D eigenvalue weighted by Crippen LogP contribution is -2.37. The van der Waals surface area contributed by atoms with E-state index in [9.17, 15) is 4.39 Å². The van der Waals surface area contributed by atoms with E-state index in [1.807, 2.05) is 6.07 Å². The third kappa shape index (κ3) is 4.29. The van der Waals surface area contributed by atoms with Gasteiger partial charge in [-0.2, -0.15) is 0 Å². The molecule has 1 aromatic carbocycles. The first-order chi connectivity index (χ1) is 10.1. The van der Waals surface area contributed by atoms with Crippen LogP contribution in [0.1, 0.15) is 57.4 Å². The second kappa shape index (κ2) is 7.73. The fourth-order valence-electron chi connectivity index (χ4n) is 3.61. The Morgan fingerprint density at radius 3 is 2.67 bits per heavy atom. The van der Waals surface area contributed by atoms with E-state index < -0.39 is 0 Å². The molecule has 1 nitrogen and oxygen atoms in total. The van der Waals surface area contributed by atoms with Gasteiger partial charge in [0.2, 0.25) is 0 Å². The lowest BCUT2D eigenvalue weighted by atomic mass is 9.66. The van der Waals surface area contributed by atoms with Gasteiger partial charge in [0, 0.05) is 0 Å². The molecule has 0 amide bonds. The minimum absolute atomic E-state index is 0.166. The first kappa shape index (κ1) is 17.0. The van der Waals surface area contributed by atoms with Crippen molar-refractivity contribution in [2.45, 2.75) is 58.3 Å². The summed E-state index contributed by atoms with van der Waals surface area (Å²) in [5, 5.41) is 0. The molecule has 21 heavy (non-hydrogen) atoms. The van der Waals surface area contributed by atoms with Gasteiger partial charge in [-0.25, -0.2) is 4.39 Å². The Kier molecular flexibility index (Phi) is 6.24. The second-order valence-electron chi connectivity index (χ2n) is 6.68. The van der Waals surface area contributed by atoms with Gasteiger partial charge in [0.05, 0.1) is 4.47 Å². The van der Waals surface area contributed by atoms with E-state index in [0.29, 0.717) is 11.0 Å². The molecular weight excluding hydrogens is 329 g/mol. The van der Waals surface area contributed by atoms with Gasteiger partial charge in [0.1, 0.15) is 5.82 Å². The van der Waals surface area contributed by atoms with Crippen LogP contribution in [0.25, 0.3) is 0 Å². The van der Waals surface area contributed by atoms with E-state index in [-0.39, 0.29) is 11.2 Å². The van der Waals surface area contributed by atoms with Gasteiger partial charge >= 0.3 is 0 Å². The quantitative estimate of drug-likeness (QED) is 0.720. The van der Waals surface area contributed by atoms with Crippen molar-refractivity contribution in [2.24, 2.45) is 17.1 Å². The second-order valence-corrected chi connectivity index (χ2v) is 7.47. The molecule has 1 aromatic rings. The molecule has 0 aromatic heterocycles. The van der Waals surface area contributed by atoms with Crippen molar-refractivity contribution in [3.8, 4) is 0 Å². The van der Waals surface area contributed by atoms with E-state index in [1.54, 1.807) is 6.07 Å². The number of rotatable bonds is 6. The zero-order chi connectivity index (χ0) is 15.3. The molecule has 0 radical (unpaired) electrons. The molecule has 2 N–H and O–H groups in total. The van der Waals surface area contributed by atoms with Crippen LogP contribution < -0.4 is 5.73 Å². The maximum absolute atomic E-state index is 13.7. The third-order valence-electron chi connectivity index (χ3n) is 5.16. The van der Waals surface area contributed by atoms with Crippen LogP contribution >= 0.6 is 15.9 Å². The summed E-state index contributed by atoms with van der Waals surface area (Å²) in [4.78, 5) is 0. The summed E-state index contributed by atoms with van der Waals surface area (Å²) in [7, 11) is 0. The van der Waals surface area contributed by atoms with Crippen LogP contribution in [0.3, 0.4) is 0 Å². The monoisotopic (exact) mass is 355 g/mol. The van der Waals surface area contributed by atoms with Gasteiger partial charge in [-0.3, -0.25) is 0 Å². The normalized spacial score (nSPS) is 26.0. The summed E-state index contributed by atoms with van der Waals surface area (Å²) in [5.41, 5.74) is 7.34. The predicted octanol–water partition coefficient (Wildman–Crippen LogP) is 5.46. The number of unbranched alkanes of at least 4 members (excludes halogenated alkanes) is 1. The van der Waals surface area contributed by atoms with Crippen molar-refractivity contribution in [1.29, 1.82) is 0 Å².